The van der Waals surface area contributed by atoms with E-state index < -0.39 is 11.7 Å². The topological polar surface area (TPSA) is 38.3 Å². The molecular formula is C22H28F3NO2. The SMILES string of the molecule is O=C(C[C@@H]1COCC[C@H]1NC1CCCC1)c1ccc(C(F)(F)F)cc1C1CC1. The number of Topliss-reactive ketones (excluding diaryl/α,β-unsaturated/α-hetero) is 1. The minimum Gasteiger partial charge on any atom is -0.381 e. The number of carbonyl (C=O) groups is 1. The highest BCUT2D eigenvalue weighted by atomic mass is 19.4. The Balaban J connectivity index is 1.48. The van der Waals surface area contributed by atoms with Crippen molar-refractivity contribution < 1.29 is 22.7 Å². The molecule has 3 aliphatic rings. The molecule has 4 rings (SSSR count). The number of halogens is 3. The molecule has 0 unspecified atom stereocenters. The zero-order valence-electron chi connectivity index (χ0n) is 16.1. The summed E-state index contributed by atoms with van der Waals surface area (Å²) in [5.74, 6) is 0.122. The van der Waals surface area contributed by atoms with Gasteiger partial charge in [-0.1, -0.05) is 18.9 Å². The molecule has 1 aromatic rings. The van der Waals surface area contributed by atoms with Crippen molar-refractivity contribution >= 4 is 5.78 Å². The van der Waals surface area contributed by atoms with Crippen LogP contribution in [0.2, 0.25) is 0 Å². The highest BCUT2D eigenvalue weighted by Gasteiger charge is 2.36. The Bertz CT molecular complexity index is 708. The summed E-state index contributed by atoms with van der Waals surface area (Å²) in [4.78, 5) is 13.0. The van der Waals surface area contributed by atoms with E-state index in [0.717, 1.165) is 25.3 Å². The number of benzene rings is 1. The third-order valence-electron chi connectivity index (χ3n) is 6.42. The largest absolute Gasteiger partial charge is 0.416 e. The van der Waals surface area contributed by atoms with E-state index in [2.05, 4.69) is 5.32 Å². The van der Waals surface area contributed by atoms with Gasteiger partial charge < -0.3 is 10.1 Å². The predicted molar refractivity (Wildman–Crippen MR) is 100 cm³/mol. The minimum atomic E-state index is -4.38. The van der Waals surface area contributed by atoms with Crippen molar-refractivity contribution in [3.8, 4) is 0 Å². The lowest BCUT2D eigenvalue weighted by molar-refractivity contribution is -0.137. The third kappa shape index (κ3) is 4.60. The van der Waals surface area contributed by atoms with Gasteiger partial charge in [-0.25, -0.2) is 0 Å². The molecule has 1 heterocycles. The average molecular weight is 395 g/mol. The lowest BCUT2D eigenvalue weighted by Gasteiger charge is -2.34. The summed E-state index contributed by atoms with van der Waals surface area (Å²) in [7, 11) is 0. The summed E-state index contributed by atoms with van der Waals surface area (Å²) < 4.78 is 44.9. The van der Waals surface area contributed by atoms with Gasteiger partial charge in [0.25, 0.3) is 0 Å². The number of hydrogen-bond donors (Lipinski definition) is 1. The van der Waals surface area contributed by atoms with Crippen molar-refractivity contribution in [2.24, 2.45) is 5.92 Å². The number of rotatable bonds is 6. The van der Waals surface area contributed by atoms with Gasteiger partial charge in [0, 0.05) is 36.6 Å². The maximum Gasteiger partial charge on any atom is 0.416 e. The molecule has 0 amide bonds. The summed E-state index contributed by atoms with van der Waals surface area (Å²) in [6.45, 7) is 1.23. The Hall–Kier alpha value is -1.40. The van der Waals surface area contributed by atoms with Crippen LogP contribution in [0, 0.1) is 5.92 Å². The Kier molecular flexibility index (Phi) is 5.79. The lowest BCUT2D eigenvalue weighted by Crippen LogP contribution is -2.47. The van der Waals surface area contributed by atoms with Crippen molar-refractivity contribution in [1.29, 1.82) is 0 Å². The van der Waals surface area contributed by atoms with E-state index in [1.807, 2.05) is 0 Å². The molecule has 1 aromatic carbocycles. The Morgan fingerprint density at radius 3 is 2.54 bits per heavy atom. The van der Waals surface area contributed by atoms with Crippen LogP contribution in [0.25, 0.3) is 0 Å². The Labute approximate surface area is 164 Å². The smallest absolute Gasteiger partial charge is 0.381 e. The molecule has 0 bridgehead atoms. The number of ketones is 1. The van der Waals surface area contributed by atoms with E-state index in [1.54, 1.807) is 0 Å². The second-order valence-corrected chi connectivity index (χ2v) is 8.58. The van der Waals surface area contributed by atoms with Crippen molar-refractivity contribution in [1.82, 2.24) is 5.32 Å². The van der Waals surface area contributed by atoms with Crippen LogP contribution in [0.1, 0.15) is 78.8 Å². The zero-order valence-corrected chi connectivity index (χ0v) is 16.1. The van der Waals surface area contributed by atoms with Crippen molar-refractivity contribution in [3.63, 3.8) is 0 Å². The zero-order chi connectivity index (χ0) is 19.7. The Morgan fingerprint density at radius 2 is 1.86 bits per heavy atom. The summed E-state index contributed by atoms with van der Waals surface area (Å²) in [6.07, 6.45) is 3.43. The summed E-state index contributed by atoms with van der Waals surface area (Å²) in [6, 6.07) is 4.40. The number of hydrogen-bond acceptors (Lipinski definition) is 3. The van der Waals surface area contributed by atoms with Crippen molar-refractivity contribution in [3.05, 3.63) is 34.9 Å². The van der Waals surface area contributed by atoms with Gasteiger partial charge in [0.1, 0.15) is 0 Å². The van der Waals surface area contributed by atoms with Crippen molar-refractivity contribution in [2.45, 2.75) is 75.5 Å². The van der Waals surface area contributed by atoms with E-state index in [1.165, 1.54) is 37.8 Å². The standard InChI is InChI=1S/C22H28F3NO2/c23-22(24,25)16-7-8-18(19(12-16)14-5-6-14)21(27)11-15-13-28-10-9-20(15)26-17-3-1-2-4-17/h7-8,12,14-15,17,20,26H,1-6,9-11,13H2/t15-,20-/m1/s1. The molecule has 2 aliphatic carbocycles. The molecular weight excluding hydrogens is 367 g/mol. The van der Waals surface area contributed by atoms with Crippen LogP contribution in [0.5, 0.6) is 0 Å². The van der Waals surface area contributed by atoms with Crippen LogP contribution in [-0.2, 0) is 10.9 Å². The molecule has 1 aliphatic heterocycles. The monoisotopic (exact) mass is 395 g/mol. The summed E-state index contributed by atoms with van der Waals surface area (Å²) in [5, 5.41) is 3.72. The van der Waals surface area contributed by atoms with Crippen LogP contribution >= 0.6 is 0 Å². The first-order valence-electron chi connectivity index (χ1n) is 10.5. The summed E-state index contributed by atoms with van der Waals surface area (Å²) in [5.41, 5.74) is 0.394. The predicted octanol–water partition coefficient (Wildman–Crippen LogP) is 5.09. The maximum absolute atomic E-state index is 13.1. The molecule has 2 atom stereocenters. The first kappa shape index (κ1) is 19.9. The fourth-order valence-corrected chi connectivity index (χ4v) is 4.69. The highest BCUT2D eigenvalue weighted by Crippen LogP contribution is 2.44. The van der Waals surface area contributed by atoms with E-state index in [0.29, 0.717) is 36.8 Å². The van der Waals surface area contributed by atoms with Gasteiger partial charge in [-0.05, 0) is 55.7 Å². The fourth-order valence-electron chi connectivity index (χ4n) is 4.69. The molecule has 3 fully saturated rings. The van der Waals surface area contributed by atoms with Gasteiger partial charge in [0.15, 0.2) is 5.78 Å². The van der Waals surface area contributed by atoms with Crippen LogP contribution in [0.4, 0.5) is 13.2 Å². The fraction of sp³-hybridized carbons (Fsp3) is 0.682. The molecule has 1 saturated heterocycles. The third-order valence-corrected chi connectivity index (χ3v) is 6.42. The van der Waals surface area contributed by atoms with Gasteiger partial charge in [0.2, 0.25) is 0 Å². The van der Waals surface area contributed by atoms with E-state index >= 15 is 0 Å². The molecule has 154 valence electrons. The number of ether oxygens (including phenoxy) is 1. The second-order valence-electron chi connectivity index (χ2n) is 8.58. The van der Waals surface area contributed by atoms with E-state index in [-0.39, 0.29) is 23.7 Å². The maximum atomic E-state index is 13.1. The average Bonchev–Trinajstić information content (AvgIpc) is 3.39. The molecule has 1 N–H and O–H groups in total. The van der Waals surface area contributed by atoms with Gasteiger partial charge in [-0.2, -0.15) is 13.2 Å². The molecule has 0 spiro atoms. The normalized spacial score (nSPS) is 26.5. The number of alkyl halides is 3. The van der Waals surface area contributed by atoms with Gasteiger partial charge in [-0.3, -0.25) is 4.79 Å². The second kappa shape index (κ2) is 8.15. The van der Waals surface area contributed by atoms with Crippen molar-refractivity contribution in [2.75, 3.05) is 13.2 Å². The molecule has 3 nitrogen and oxygen atoms in total. The number of nitrogens with one attached hydrogen (secondary N) is 1. The van der Waals surface area contributed by atoms with E-state index in [4.69, 9.17) is 4.74 Å². The lowest BCUT2D eigenvalue weighted by atomic mass is 9.86. The summed E-state index contributed by atoms with van der Waals surface area (Å²) >= 11 is 0. The van der Waals surface area contributed by atoms with Gasteiger partial charge in [-0.15, -0.1) is 0 Å². The molecule has 0 aromatic heterocycles. The molecule has 0 radical (unpaired) electrons. The number of carbonyl (C=O) groups excluding carboxylic acids is 1. The van der Waals surface area contributed by atoms with Gasteiger partial charge >= 0.3 is 6.18 Å². The highest BCUT2D eigenvalue weighted by molar-refractivity contribution is 5.98. The van der Waals surface area contributed by atoms with Crippen LogP contribution in [0.3, 0.4) is 0 Å². The van der Waals surface area contributed by atoms with Crippen LogP contribution in [0.15, 0.2) is 18.2 Å². The van der Waals surface area contributed by atoms with E-state index in [9.17, 15) is 18.0 Å². The molecule has 28 heavy (non-hydrogen) atoms. The quantitative estimate of drug-likeness (QED) is 0.682. The first-order chi connectivity index (χ1) is 13.4. The Morgan fingerprint density at radius 1 is 1.11 bits per heavy atom. The molecule has 6 heteroatoms. The molecule has 2 saturated carbocycles. The first-order valence-corrected chi connectivity index (χ1v) is 10.5. The van der Waals surface area contributed by atoms with Gasteiger partial charge in [0.05, 0.1) is 12.2 Å². The van der Waals surface area contributed by atoms with Crippen LogP contribution in [-0.4, -0.2) is 31.1 Å². The van der Waals surface area contributed by atoms with Crippen LogP contribution < -0.4 is 5.32 Å². The minimum absolute atomic E-state index is 0.0515.